The smallest absolute Gasteiger partial charge is 0.872 e. The summed E-state index contributed by atoms with van der Waals surface area (Å²) in [5.41, 5.74) is -0.104. The second-order valence-electron chi connectivity index (χ2n) is 4.03. The van der Waals surface area contributed by atoms with Gasteiger partial charge in [0.2, 0.25) is 0 Å². The summed E-state index contributed by atoms with van der Waals surface area (Å²) in [6, 6.07) is 5.63. The molecule has 0 fully saturated rings. The van der Waals surface area contributed by atoms with E-state index in [2.05, 4.69) is 0 Å². The molecule has 0 amide bonds. The van der Waals surface area contributed by atoms with Gasteiger partial charge >= 0.3 is 35.5 Å². The molecule has 0 N–H and O–H groups in total. The van der Waals surface area contributed by atoms with Gasteiger partial charge in [-0.3, -0.25) is 0 Å². The van der Waals surface area contributed by atoms with E-state index in [0.29, 0.717) is 5.56 Å². The molecule has 76 valence electrons. The van der Waals surface area contributed by atoms with E-state index in [4.69, 9.17) is 4.74 Å². The minimum atomic E-state index is -0.507. The summed E-state index contributed by atoms with van der Waals surface area (Å²) in [4.78, 5) is 11.4. The Morgan fingerprint density at radius 2 is 1.67 bits per heavy atom. The molecule has 0 aromatic heterocycles. The zero-order chi connectivity index (χ0) is 10.8. The number of hydrogen-bond acceptors (Lipinski definition) is 3. The minimum absolute atomic E-state index is 0. The van der Waals surface area contributed by atoms with Crippen molar-refractivity contribution in [1.82, 2.24) is 0 Å². The molecule has 1 rings (SSSR count). The SMILES string of the molecule is CC(C)(C)OC(=O)c1ccc([O-])cc1.[Na+]. The number of hydrogen-bond donors (Lipinski definition) is 0. The average Bonchev–Trinajstić information content (AvgIpc) is 2.02. The Kier molecular flexibility index (Phi) is 5.35. The molecular formula is C11H13NaO3. The van der Waals surface area contributed by atoms with Crippen LogP contribution < -0.4 is 34.7 Å². The van der Waals surface area contributed by atoms with Gasteiger partial charge < -0.3 is 9.84 Å². The molecule has 0 heterocycles. The normalized spacial score (nSPS) is 10.3. The number of benzene rings is 1. The molecule has 0 aliphatic heterocycles. The maximum atomic E-state index is 11.4. The summed E-state index contributed by atoms with van der Waals surface area (Å²) in [7, 11) is 0. The Morgan fingerprint density at radius 3 is 2.07 bits per heavy atom. The molecular weight excluding hydrogens is 203 g/mol. The molecule has 15 heavy (non-hydrogen) atoms. The molecule has 0 radical (unpaired) electrons. The standard InChI is InChI=1S/C11H14O3.Na/c1-11(2,3)14-10(13)8-4-6-9(12)7-5-8;/h4-7,12H,1-3H3;/q;+1/p-1. The van der Waals surface area contributed by atoms with Crippen molar-refractivity contribution in [3.63, 3.8) is 0 Å². The first kappa shape index (κ1) is 14.5. The van der Waals surface area contributed by atoms with E-state index >= 15 is 0 Å². The van der Waals surface area contributed by atoms with Crippen LogP contribution in [0.5, 0.6) is 5.75 Å². The molecule has 4 heteroatoms. The summed E-state index contributed by atoms with van der Waals surface area (Å²) in [5.74, 6) is -0.519. The predicted molar refractivity (Wildman–Crippen MR) is 51.1 cm³/mol. The van der Waals surface area contributed by atoms with Gasteiger partial charge in [0.15, 0.2) is 0 Å². The molecule has 1 aromatic carbocycles. The van der Waals surface area contributed by atoms with E-state index < -0.39 is 11.6 Å². The van der Waals surface area contributed by atoms with Crippen LogP contribution in [0.2, 0.25) is 0 Å². The fourth-order valence-electron chi connectivity index (χ4n) is 0.928. The molecule has 0 aliphatic carbocycles. The molecule has 0 saturated carbocycles. The Bertz CT molecular complexity index is 325. The van der Waals surface area contributed by atoms with Crippen molar-refractivity contribution in [2.24, 2.45) is 0 Å². The van der Waals surface area contributed by atoms with Crippen LogP contribution in [-0.2, 0) is 4.74 Å². The third kappa shape index (κ3) is 5.21. The quantitative estimate of drug-likeness (QED) is 0.434. The van der Waals surface area contributed by atoms with Gasteiger partial charge in [-0.25, -0.2) is 4.79 Å². The van der Waals surface area contributed by atoms with Gasteiger partial charge in [0.05, 0.1) is 5.56 Å². The topological polar surface area (TPSA) is 49.4 Å². The van der Waals surface area contributed by atoms with Crippen molar-refractivity contribution in [2.75, 3.05) is 0 Å². The summed E-state index contributed by atoms with van der Waals surface area (Å²) in [5, 5.41) is 10.8. The maximum absolute atomic E-state index is 11.4. The number of ether oxygens (including phenoxy) is 1. The molecule has 3 nitrogen and oxygen atoms in total. The molecule has 0 spiro atoms. The third-order valence-corrected chi connectivity index (χ3v) is 1.49. The van der Waals surface area contributed by atoms with Crippen LogP contribution in [0.15, 0.2) is 24.3 Å². The van der Waals surface area contributed by atoms with Crippen LogP contribution >= 0.6 is 0 Å². The molecule has 0 unspecified atom stereocenters. The zero-order valence-electron chi connectivity index (χ0n) is 9.53. The van der Waals surface area contributed by atoms with Gasteiger partial charge in [0.25, 0.3) is 0 Å². The Labute approximate surface area is 112 Å². The van der Waals surface area contributed by atoms with Crippen molar-refractivity contribution in [1.29, 1.82) is 0 Å². The van der Waals surface area contributed by atoms with Crippen molar-refractivity contribution in [3.05, 3.63) is 29.8 Å². The van der Waals surface area contributed by atoms with Crippen LogP contribution in [0.25, 0.3) is 0 Å². The van der Waals surface area contributed by atoms with Gasteiger partial charge in [-0.1, -0.05) is 12.1 Å². The van der Waals surface area contributed by atoms with Gasteiger partial charge in [-0.05, 0) is 32.9 Å². The van der Waals surface area contributed by atoms with Gasteiger partial charge in [-0.2, -0.15) is 0 Å². The second kappa shape index (κ2) is 5.54. The summed E-state index contributed by atoms with van der Waals surface area (Å²) < 4.78 is 5.12. The largest absolute Gasteiger partial charge is 1.00 e. The van der Waals surface area contributed by atoms with E-state index in [1.807, 2.05) is 0 Å². The fourth-order valence-corrected chi connectivity index (χ4v) is 0.928. The molecule has 0 aliphatic rings. The summed E-state index contributed by atoms with van der Waals surface area (Å²) in [6.45, 7) is 5.40. The van der Waals surface area contributed by atoms with Crippen LogP contribution in [0.1, 0.15) is 31.1 Å². The Hall–Kier alpha value is -0.510. The van der Waals surface area contributed by atoms with Crippen molar-refractivity contribution in [2.45, 2.75) is 26.4 Å². The van der Waals surface area contributed by atoms with E-state index in [1.54, 1.807) is 20.8 Å². The average molecular weight is 216 g/mol. The van der Waals surface area contributed by atoms with Crippen LogP contribution in [0.4, 0.5) is 0 Å². The number of carbonyl (C=O) groups is 1. The van der Waals surface area contributed by atoms with E-state index in [0.717, 1.165) is 0 Å². The molecule has 0 atom stereocenters. The minimum Gasteiger partial charge on any atom is -0.872 e. The molecule has 1 aromatic rings. The predicted octanol–water partition coefficient (Wildman–Crippen LogP) is -1.28. The van der Waals surface area contributed by atoms with Crippen LogP contribution in [-0.4, -0.2) is 11.6 Å². The van der Waals surface area contributed by atoms with Crippen LogP contribution in [0.3, 0.4) is 0 Å². The zero-order valence-corrected chi connectivity index (χ0v) is 11.5. The number of esters is 1. The number of rotatable bonds is 1. The van der Waals surface area contributed by atoms with Crippen molar-refractivity contribution < 1.29 is 44.2 Å². The molecule has 0 saturated heterocycles. The van der Waals surface area contributed by atoms with Crippen molar-refractivity contribution >= 4 is 5.97 Å². The van der Waals surface area contributed by atoms with E-state index in [1.165, 1.54) is 24.3 Å². The fraction of sp³-hybridized carbons (Fsp3) is 0.364. The molecule has 0 bridgehead atoms. The third-order valence-electron chi connectivity index (χ3n) is 1.49. The monoisotopic (exact) mass is 216 g/mol. The first-order valence-electron chi connectivity index (χ1n) is 4.39. The summed E-state index contributed by atoms with van der Waals surface area (Å²) >= 11 is 0. The van der Waals surface area contributed by atoms with Gasteiger partial charge in [0.1, 0.15) is 5.60 Å². The summed E-state index contributed by atoms with van der Waals surface area (Å²) in [6.07, 6.45) is 0. The van der Waals surface area contributed by atoms with Gasteiger partial charge in [0, 0.05) is 0 Å². The van der Waals surface area contributed by atoms with E-state index in [-0.39, 0.29) is 35.3 Å². The van der Waals surface area contributed by atoms with Gasteiger partial charge in [-0.15, -0.1) is 5.75 Å². The Morgan fingerprint density at radius 1 is 1.20 bits per heavy atom. The number of carbonyl (C=O) groups excluding carboxylic acids is 1. The van der Waals surface area contributed by atoms with Crippen molar-refractivity contribution in [3.8, 4) is 5.75 Å². The second-order valence-corrected chi connectivity index (χ2v) is 4.03. The van der Waals surface area contributed by atoms with E-state index in [9.17, 15) is 9.90 Å². The first-order valence-corrected chi connectivity index (χ1v) is 4.39. The maximum Gasteiger partial charge on any atom is 1.00 e. The first-order chi connectivity index (χ1) is 6.38. The van der Waals surface area contributed by atoms with Crippen LogP contribution in [0, 0.1) is 0 Å². The Balaban J connectivity index is 0.00000196.